The van der Waals surface area contributed by atoms with Crippen LogP contribution in [0.4, 0.5) is 5.69 Å². The molecule has 0 amide bonds. The SMILES string of the molecule is CCOC(=O)c1ccc2c(c1)nc(SCc1cccc([N+](=O)[O-])c1)n2CC. The second-order valence-electron chi connectivity index (χ2n) is 5.78. The number of aryl methyl sites for hydroxylation is 1. The molecule has 3 rings (SSSR count). The van der Waals surface area contributed by atoms with Crippen molar-refractivity contribution in [2.75, 3.05) is 6.61 Å². The van der Waals surface area contributed by atoms with E-state index in [9.17, 15) is 14.9 Å². The van der Waals surface area contributed by atoms with E-state index in [1.807, 2.05) is 19.1 Å². The fourth-order valence-electron chi connectivity index (χ4n) is 2.77. The quantitative estimate of drug-likeness (QED) is 0.259. The number of nitro groups is 1. The third kappa shape index (κ3) is 4.11. The predicted molar refractivity (Wildman–Crippen MR) is 104 cm³/mol. The summed E-state index contributed by atoms with van der Waals surface area (Å²) < 4.78 is 7.10. The molecule has 0 unspecified atom stereocenters. The first-order valence-electron chi connectivity index (χ1n) is 8.57. The molecular formula is C19H19N3O4S. The molecule has 27 heavy (non-hydrogen) atoms. The summed E-state index contributed by atoms with van der Waals surface area (Å²) in [6.07, 6.45) is 0. The lowest BCUT2D eigenvalue weighted by atomic mass is 10.2. The highest BCUT2D eigenvalue weighted by molar-refractivity contribution is 7.98. The summed E-state index contributed by atoms with van der Waals surface area (Å²) in [6.45, 7) is 4.85. The zero-order chi connectivity index (χ0) is 19.4. The Morgan fingerprint density at radius 2 is 2.07 bits per heavy atom. The van der Waals surface area contributed by atoms with E-state index < -0.39 is 4.92 Å². The Morgan fingerprint density at radius 1 is 1.26 bits per heavy atom. The highest BCUT2D eigenvalue weighted by Crippen LogP contribution is 2.28. The first kappa shape index (κ1) is 18.9. The van der Waals surface area contributed by atoms with E-state index in [-0.39, 0.29) is 11.7 Å². The van der Waals surface area contributed by atoms with E-state index >= 15 is 0 Å². The van der Waals surface area contributed by atoms with Gasteiger partial charge in [0.2, 0.25) is 0 Å². The number of nitro benzene ring substituents is 1. The van der Waals surface area contributed by atoms with Crippen molar-refractivity contribution in [1.82, 2.24) is 9.55 Å². The van der Waals surface area contributed by atoms with E-state index in [0.29, 0.717) is 17.9 Å². The van der Waals surface area contributed by atoms with Crippen LogP contribution in [-0.4, -0.2) is 27.1 Å². The number of imidazole rings is 1. The van der Waals surface area contributed by atoms with Crippen molar-refractivity contribution < 1.29 is 14.5 Å². The summed E-state index contributed by atoms with van der Waals surface area (Å²) in [5, 5.41) is 11.7. The van der Waals surface area contributed by atoms with Gasteiger partial charge in [-0.1, -0.05) is 23.9 Å². The molecule has 0 spiro atoms. The highest BCUT2D eigenvalue weighted by Gasteiger charge is 2.14. The van der Waals surface area contributed by atoms with Gasteiger partial charge in [0, 0.05) is 24.4 Å². The number of hydrogen-bond acceptors (Lipinski definition) is 6. The van der Waals surface area contributed by atoms with Crippen molar-refractivity contribution in [2.24, 2.45) is 0 Å². The molecule has 7 nitrogen and oxygen atoms in total. The molecule has 0 aliphatic carbocycles. The maximum Gasteiger partial charge on any atom is 0.338 e. The number of esters is 1. The van der Waals surface area contributed by atoms with Gasteiger partial charge in [-0.25, -0.2) is 9.78 Å². The summed E-state index contributed by atoms with van der Waals surface area (Å²) in [5.74, 6) is 0.201. The molecule has 0 bridgehead atoms. The van der Waals surface area contributed by atoms with Crippen LogP contribution in [0.1, 0.15) is 29.8 Å². The smallest absolute Gasteiger partial charge is 0.338 e. The number of carbonyl (C=O) groups excluding carboxylic acids is 1. The highest BCUT2D eigenvalue weighted by atomic mass is 32.2. The van der Waals surface area contributed by atoms with E-state index in [4.69, 9.17) is 4.74 Å². The molecule has 140 valence electrons. The zero-order valence-electron chi connectivity index (χ0n) is 15.0. The summed E-state index contributed by atoms with van der Waals surface area (Å²) in [6, 6.07) is 11.9. The van der Waals surface area contributed by atoms with E-state index in [2.05, 4.69) is 9.55 Å². The lowest BCUT2D eigenvalue weighted by Crippen LogP contribution is -2.04. The molecule has 0 fully saturated rings. The molecule has 3 aromatic rings. The molecule has 0 aliphatic rings. The fourth-order valence-corrected chi connectivity index (χ4v) is 3.79. The van der Waals surface area contributed by atoms with Gasteiger partial charge in [0.15, 0.2) is 5.16 Å². The van der Waals surface area contributed by atoms with E-state index in [1.165, 1.54) is 17.8 Å². The maximum atomic E-state index is 11.9. The Bertz CT molecular complexity index is 1000. The lowest BCUT2D eigenvalue weighted by Gasteiger charge is -2.06. The Labute approximate surface area is 160 Å². The van der Waals surface area contributed by atoms with Gasteiger partial charge in [-0.05, 0) is 37.6 Å². The van der Waals surface area contributed by atoms with Crippen molar-refractivity contribution in [1.29, 1.82) is 0 Å². The summed E-state index contributed by atoms with van der Waals surface area (Å²) >= 11 is 1.51. The fraction of sp³-hybridized carbons (Fsp3) is 0.263. The number of benzene rings is 2. The number of nitrogens with zero attached hydrogens (tertiary/aromatic N) is 3. The normalized spacial score (nSPS) is 10.9. The van der Waals surface area contributed by atoms with Crippen molar-refractivity contribution in [3.8, 4) is 0 Å². The minimum Gasteiger partial charge on any atom is -0.462 e. The largest absolute Gasteiger partial charge is 0.462 e. The number of non-ortho nitro benzene ring substituents is 1. The van der Waals surface area contributed by atoms with Gasteiger partial charge in [0.1, 0.15) is 0 Å². The second kappa shape index (κ2) is 8.22. The van der Waals surface area contributed by atoms with Gasteiger partial charge in [-0.3, -0.25) is 10.1 Å². The average molecular weight is 385 g/mol. The van der Waals surface area contributed by atoms with Gasteiger partial charge in [-0.2, -0.15) is 0 Å². The molecule has 1 heterocycles. The minimum absolute atomic E-state index is 0.0798. The van der Waals surface area contributed by atoms with Gasteiger partial charge in [0.05, 0.1) is 28.1 Å². The summed E-state index contributed by atoms with van der Waals surface area (Å²) in [7, 11) is 0. The summed E-state index contributed by atoms with van der Waals surface area (Å²) in [5.41, 5.74) is 3.07. The third-order valence-electron chi connectivity index (χ3n) is 4.03. The maximum absolute atomic E-state index is 11.9. The van der Waals surface area contributed by atoms with Crippen LogP contribution in [0.3, 0.4) is 0 Å². The number of fused-ring (bicyclic) bond motifs is 1. The number of ether oxygens (including phenoxy) is 1. The second-order valence-corrected chi connectivity index (χ2v) is 6.72. The lowest BCUT2D eigenvalue weighted by molar-refractivity contribution is -0.384. The molecule has 8 heteroatoms. The molecule has 0 saturated carbocycles. The minimum atomic E-state index is -0.396. The number of aromatic nitrogens is 2. The molecular weight excluding hydrogens is 366 g/mol. The molecule has 0 aliphatic heterocycles. The van der Waals surface area contributed by atoms with Crippen LogP contribution in [0.5, 0.6) is 0 Å². The van der Waals surface area contributed by atoms with Crippen molar-refractivity contribution in [3.63, 3.8) is 0 Å². The summed E-state index contributed by atoms with van der Waals surface area (Å²) in [4.78, 5) is 27.1. The van der Waals surface area contributed by atoms with E-state index in [1.54, 1.807) is 31.2 Å². The monoisotopic (exact) mass is 385 g/mol. The van der Waals surface area contributed by atoms with Gasteiger partial charge >= 0.3 is 5.97 Å². The predicted octanol–water partition coefficient (Wildman–Crippen LogP) is 4.43. The molecule has 0 atom stereocenters. The van der Waals surface area contributed by atoms with E-state index in [0.717, 1.165) is 28.3 Å². The average Bonchev–Trinajstić information content (AvgIpc) is 3.03. The number of rotatable bonds is 7. The van der Waals surface area contributed by atoms with Crippen LogP contribution in [0.15, 0.2) is 47.6 Å². The van der Waals surface area contributed by atoms with Crippen LogP contribution in [0.2, 0.25) is 0 Å². The molecule has 0 saturated heterocycles. The first-order chi connectivity index (χ1) is 13.0. The van der Waals surface area contributed by atoms with Crippen LogP contribution in [-0.2, 0) is 17.0 Å². The number of thioether (sulfide) groups is 1. The number of hydrogen-bond donors (Lipinski definition) is 0. The van der Waals surface area contributed by atoms with Crippen LogP contribution in [0, 0.1) is 10.1 Å². The van der Waals surface area contributed by atoms with Crippen LogP contribution < -0.4 is 0 Å². The zero-order valence-corrected chi connectivity index (χ0v) is 15.9. The van der Waals surface area contributed by atoms with Crippen LogP contribution in [0.25, 0.3) is 11.0 Å². The third-order valence-corrected chi connectivity index (χ3v) is 5.08. The molecule has 0 radical (unpaired) electrons. The topological polar surface area (TPSA) is 87.3 Å². The van der Waals surface area contributed by atoms with Gasteiger partial charge < -0.3 is 9.30 Å². The Balaban J connectivity index is 1.86. The van der Waals surface area contributed by atoms with Crippen LogP contribution >= 0.6 is 11.8 Å². The molecule has 2 aromatic carbocycles. The van der Waals surface area contributed by atoms with Crippen molar-refractivity contribution >= 4 is 34.5 Å². The van der Waals surface area contributed by atoms with Crippen molar-refractivity contribution in [3.05, 3.63) is 63.7 Å². The number of carbonyl (C=O) groups is 1. The van der Waals surface area contributed by atoms with Gasteiger partial charge in [-0.15, -0.1) is 0 Å². The Kier molecular flexibility index (Phi) is 5.75. The molecule has 1 aromatic heterocycles. The Morgan fingerprint density at radius 3 is 2.78 bits per heavy atom. The standard InChI is InChI=1S/C19H19N3O4S/c1-3-21-17-9-8-14(18(23)26-4-2)11-16(17)20-19(21)27-12-13-6-5-7-15(10-13)22(24)25/h5-11H,3-4,12H2,1-2H3. The van der Waals surface area contributed by atoms with Gasteiger partial charge in [0.25, 0.3) is 5.69 Å². The Hall–Kier alpha value is -2.87. The van der Waals surface area contributed by atoms with Crippen molar-refractivity contribution in [2.45, 2.75) is 31.3 Å². The molecule has 0 N–H and O–H groups in total. The first-order valence-corrected chi connectivity index (χ1v) is 9.55.